The van der Waals surface area contributed by atoms with Crippen LogP contribution in [0, 0.1) is 0 Å². The van der Waals surface area contributed by atoms with Crippen molar-refractivity contribution in [3.8, 4) is 5.75 Å². The van der Waals surface area contributed by atoms with Crippen LogP contribution in [0.4, 0.5) is 5.69 Å². The number of aromatic hydroxyl groups is 1. The van der Waals surface area contributed by atoms with Gasteiger partial charge in [-0.05, 0) is 35.0 Å². The second-order valence-corrected chi connectivity index (χ2v) is 3.30. The quantitative estimate of drug-likeness (QED) is 0.440. The average Bonchev–Trinajstić information content (AvgIpc) is 1.96. The van der Waals surface area contributed by atoms with Crippen LogP contribution in [0.1, 0.15) is 17.3 Å². The van der Waals surface area contributed by atoms with Gasteiger partial charge in [0.25, 0.3) is 0 Å². The summed E-state index contributed by atoms with van der Waals surface area (Å²) in [5.41, 5.74) is 6.09. The van der Waals surface area contributed by atoms with E-state index in [-0.39, 0.29) is 17.2 Å². The maximum absolute atomic E-state index is 10.9. The van der Waals surface area contributed by atoms with Crippen LogP contribution in [0.2, 0.25) is 0 Å². The first-order valence-electron chi connectivity index (χ1n) is 3.31. The fourth-order valence-corrected chi connectivity index (χ4v) is 1.49. The Labute approximate surface area is 78.3 Å². The zero-order valence-corrected chi connectivity index (χ0v) is 8.05. The third-order valence-electron chi connectivity index (χ3n) is 1.50. The van der Waals surface area contributed by atoms with E-state index in [1.165, 1.54) is 19.1 Å². The first-order chi connectivity index (χ1) is 5.52. The Morgan fingerprint density at radius 2 is 2.17 bits per heavy atom. The molecule has 64 valence electrons. The minimum atomic E-state index is -0.114. The van der Waals surface area contributed by atoms with E-state index in [9.17, 15) is 9.90 Å². The molecule has 0 aliphatic heterocycles. The summed E-state index contributed by atoms with van der Waals surface area (Å²) in [4.78, 5) is 10.9. The first-order valence-corrected chi connectivity index (χ1v) is 4.10. The van der Waals surface area contributed by atoms with Gasteiger partial charge in [0.05, 0.1) is 5.69 Å². The number of hydrogen-bond acceptors (Lipinski definition) is 3. The summed E-state index contributed by atoms with van der Waals surface area (Å²) in [5.74, 6) is -0.180. The van der Waals surface area contributed by atoms with Gasteiger partial charge in [-0.15, -0.1) is 0 Å². The second-order valence-electron chi connectivity index (χ2n) is 2.45. The highest BCUT2D eigenvalue weighted by atomic mass is 79.9. The van der Waals surface area contributed by atoms with Gasteiger partial charge in [0.15, 0.2) is 5.78 Å². The van der Waals surface area contributed by atoms with Crippen molar-refractivity contribution in [2.75, 3.05) is 5.73 Å². The molecule has 1 aromatic rings. The molecule has 0 aliphatic rings. The number of carbonyl (C=O) groups is 1. The van der Waals surface area contributed by atoms with E-state index in [0.29, 0.717) is 10.0 Å². The number of phenolic OH excluding ortho intramolecular Hbond substituents is 1. The van der Waals surface area contributed by atoms with Gasteiger partial charge < -0.3 is 10.8 Å². The van der Waals surface area contributed by atoms with Gasteiger partial charge in [0, 0.05) is 10.0 Å². The Bertz CT molecular complexity index is 336. The van der Waals surface area contributed by atoms with Crippen molar-refractivity contribution in [1.82, 2.24) is 0 Å². The van der Waals surface area contributed by atoms with E-state index in [1.54, 1.807) is 0 Å². The van der Waals surface area contributed by atoms with Crippen molar-refractivity contribution in [1.29, 1.82) is 0 Å². The number of nitrogen functional groups attached to an aromatic ring is 1. The number of anilines is 1. The van der Waals surface area contributed by atoms with Gasteiger partial charge >= 0.3 is 0 Å². The smallest absolute Gasteiger partial charge is 0.161 e. The number of rotatable bonds is 1. The van der Waals surface area contributed by atoms with Gasteiger partial charge in [-0.3, -0.25) is 4.79 Å². The topological polar surface area (TPSA) is 63.3 Å². The van der Waals surface area contributed by atoms with E-state index in [4.69, 9.17) is 5.73 Å². The SMILES string of the molecule is CC(=O)c1cc(O)c(N)cc1Br. The molecule has 3 nitrogen and oxygen atoms in total. The number of Topliss-reactive ketones (excluding diaryl/α,β-unsaturated/α-hetero) is 1. The molecule has 4 heteroatoms. The highest BCUT2D eigenvalue weighted by Crippen LogP contribution is 2.28. The zero-order valence-electron chi connectivity index (χ0n) is 6.47. The molecule has 0 heterocycles. The summed E-state index contributed by atoms with van der Waals surface area (Å²) >= 11 is 3.17. The minimum Gasteiger partial charge on any atom is -0.506 e. The third-order valence-corrected chi connectivity index (χ3v) is 2.15. The van der Waals surface area contributed by atoms with Crippen LogP contribution < -0.4 is 5.73 Å². The average molecular weight is 230 g/mol. The summed E-state index contributed by atoms with van der Waals surface area (Å²) in [7, 11) is 0. The van der Waals surface area contributed by atoms with Crippen LogP contribution in [-0.2, 0) is 0 Å². The van der Waals surface area contributed by atoms with Crippen molar-refractivity contribution < 1.29 is 9.90 Å². The summed E-state index contributed by atoms with van der Waals surface area (Å²) in [6.45, 7) is 1.43. The molecule has 0 fully saturated rings. The Morgan fingerprint density at radius 1 is 1.58 bits per heavy atom. The number of phenols is 1. The monoisotopic (exact) mass is 229 g/mol. The molecule has 0 amide bonds. The minimum absolute atomic E-state index is 0.0663. The highest BCUT2D eigenvalue weighted by Gasteiger charge is 2.08. The highest BCUT2D eigenvalue weighted by molar-refractivity contribution is 9.10. The van der Waals surface area contributed by atoms with Crippen molar-refractivity contribution in [2.45, 2.75) is 6.92 Å². The van der Waals surface area contributed by atoms with E-state index < -0.39 is 0 Å². The zero-order chi connectivity index (χ0) is 9.30. The van der Waals surface area contributed by atoms with E-state index >= 15 is 0 Å². The summed E-state index contributed by atoms with van der Waals surface area (Å²) in [6.07, 6.45) is 0. The Kier molecular flexibility index (Phi) is 2.38. The molecule has 0 spiro atoms. The van der Waals surface area contributed by atoms with Crippen LogP contribution in [0.5, 0.6) is 5.75 Å². The predicted molar refractivity (Wildman–Crippen MR) is 50.2 cm³/mol. The molecule has 0 saturated heterocycles. The van der Waals surface area contributed by atoms with Crippen molar-refractivity contribution in [3.05, 3.63) is 22.2 Å². The molecule has 0 atom stereocenters. The molecule has 3 N–H and O–H groups in total. The van der Waals surface area contributed by atoms with Crippen LogP contribution in [0.3, 0.4) is 0 Å². The fourth-order valence-electron chi connectivity index (χ4n) is 0.847. The lowest BCUT2D eigenvalue weighted by atomic mass is 10.1. The van der Waals surface area contributed by atoms with Crippen LogP contribution in [-0.4, -0.2) is 10.9 Å². The number of nitrogens with two attached hydrogens (primary N) is 1. The molecule has 1 rings (SSSR count). The molecule has 1 aromatic carbocycles. The van der Waals surface area contributed by atoms with Crippen LogP contribution in [0.15, 0.2) is 16.6 Å². The number of halogens is 1. The fraction of sp³-hybridized carbons (Fsp3) is 0.125. The van der Waals surface area contributed by atoms with Crippen LogP contribution in [0.25, 0.3) is 0 Å². The van der Waals surface area contributed by atoms with Gasteiger partial charge in [0.2, 0.25) is 0 Å². The standard InChI is InChI=1S/C8H8BrNO2/c1-4(11)5-2-8(12)7(10)3-6(5)9/h2-3,12H,10H2,1H3. The lowest BCUT2D eigenvalue weighted by molar-refractivity contribution is 0.101. The normalized spacial score (nSPS) is 9.83. The molecule has 0 radical (unpaired) electrons. The molecular weight excluding hydrogens is 222 g/mol. The van der Waals surface area contributed by atoms with Gasteiger partial charge in [0.1, 0.15) is 5.75 Å². The maximum Gasteiger partial charge on any atom is 0.161 e. The molecule has 0 aromatic heterocycles. The Morgan fingerprint density at radius 3 is 2.67 bits per heavy atom. The van der Waals surface area contributed by atoms with Crippen molar-refractivity contribution >= 4 is 27.4 Å². The first kappa shape index (κ1) is 9.06. The maximum atomic E-state index is 10.9. The van der Waals surface area contributed by atoms with Crippen molar-refractivity contribution in [3.63, 3.8) is 0 Å². The Balaban J connectivity index is 3.33. The van der Waals surface area contributed by atoms with Gasteiger partial charge in [-0.2, -0.15) is 0 Å². The largest absolute Gasteiger partial charge is 0.506 e. The number of carbonyl (C=O) groups excluding carboxylic acids is 1. The van der Waals surface area contributed by atoms with Crippen LogP contribution >= 0.6 is 15.9 Å². The number of ketones is 1. The molecule has 0 aliphatic carbocycles. The van der Waals surface area contributed by atoms with E-state index in [0.717, 1.165) is 0 Å². The van der Waals surface area contributed by atoms with Crippen molar-refractivity contribution in [2.24, 2.45) is 0 Å². The second kappa shape index (κ2) is 3.15. The van der Waals surface area contributed by atoms with E-state index in [2.05, 4.69) is 15.9 Å². The summed E-state index contributed by atoms with van der Waals surface area (Å²) in [6, 6.07) is 2.85. The molecular formula is C8H8BrNO2. The molecule has 0 unspecified atom stereocenters. The third kappa shape index (κ3) is 1.58. The van der Waals surface area contributed by atoms with Gasteiger partial charge in [-0.1, -0.05) is 0 Å². The Hall–Kier alpha value is -1.03. The molecule has 0 saturated carbocycles. The van der Waals surface area contributed by atoms with E-state index in [1.807, 2.05) is 0 Å². The lowest BCUT2D eigenvalue weighted by Gasteiger charge is -2.03. The predicted octanol–water partition coefficient (Wildman–Crippen LogP) is 1.94. The molecule has 0 bridgehead atoms. The van der Waals surface area contributed by atoms with Gasteiger partial charge in [-0.25, -0.2) is 0 Å². The lowest BCUT2D eigenvalue weighted by Crippen LogP contribution is -1.95. The molecule has 12 heavy (non-hydrogen) atoms. The summed E-state index contributed by atoms with van der Waals surface area (Å²) < 4.78 is 0.602. The number of benzene rings is 1. The number of hydrogen-bond donors (Lipinski definition) is 2. The summed E-state index contributed by atoms with van der Waals surface area (Å²) in [5, 5.41) is 9.18.